The van der Waals surface area contributed by atoms with Crippen LogP contribution >= 0.6 is 11.6 Å². The standard InChI is InChI=1S/C15H20ClN3O2/c1-20-13-4-3-11(14(16)15(13)21-2)12(5-6-17)19-9-7-18-8-10-19/h3-4,12,18H,5,7-10H2,1-2H3/t12-/m0/s1. The molecule has 0 aromatic heterocycles. The number of piperazine rings is 1. The summed E-state index contributed by atoms with van der Waals surface area (Å²) in [5.74, 6) is 1.12. The molecule has 0 amide bonds. The summed E-state index contributed by atoms with van der Waals surface area (Å²) in [6, 6.07) is 6.00. The third-order valence-electron chi connectivity index (χ3n) is 3.75. The molecule has 0 spiro atoms. The van der Waals surface area contributed by atoms with Gasteiger partial charge in [0.25, 0.3) is 0 Å². The van der Waals surface area contributed by atoms with Crippen LogP contribution in [0.5, 0.6) is 11.5 Å². The summed E-state index contributed by atoms with van der Waals surface area (Å²) in [4.78, 5) is 2.28. The largest absolute Gasteiger partial charge is 0.493 e. The van der Waals surface area contributed by atoms with Crippen LogP contribution in [0.4, 0.5) is 0 Å². The average Bonchev–Trinajstić information content (AvgIpc) is 2.53. The minimum absolute atomic E-state index is 0.0237. The van der Waals surface area contributed by atoms with Crippen molar-refractivity contribution >= 4 is 11.6 Å². The predicted molar refractivity (Wildman–Crippen MR) is 82.0 cm³/mol. The van der Waals surface area contributed by atoms with Crippen molar-refractivity contribution in [2.75, 3.05) is 40.4 Å². The van der Waals surface area contributed by atoms with Crippen LogP contribution in [0.2, 0.25) is 5.02 Å². The molecule has 0 saturated carbocycles. The van der Waals surface area contributed by atoms with E-state index in [0.29, 0.717) is 22.9 Å². The molecule has 5 nitrogen and oxygen atoms in total. The first-order valence-corrected chi connectivity index (χ1v) is 7.32. The van der Waals surface area contributed by atoms with E-state index >= 15 is 0 Å². The summed E-state index contributed by atoms with van der Waals surface area (Å²) in [5, 5.41) is 13.0. The lowest BCUT2D eigenvalue weighted by Gasteiger charge is -2.34. The highest BCUT2D eigenvalue weighted by atomic mass is 35.5. The average molecular weight is 310 g/mol. The number of hydrogen-bond acceptors (Lipinski definition) is 5. The van der Waals surface area contributed by atoms with Crippen LogP contribution in [0, 0.1) is 11.3 Å². The van der Waals surface area contributed by atoms with E-state index in [9.17, 15) is 0 Å². The topological polar surface area (TPSA) is 57.5 Å². The fourth-order valence-electron chi connectivity index (χ4n) is 2.68. The summed E-state index contributed by atoms with van der Waals surface area (Å²) in [7, 11) is 3.15. The van der Waals surface area contributed by atoms with E-state index in [1.807, 2.05) is 12.1 Å². The van der Waals surface area contributed by atoms with Gasteiger partial charge in [-0.1, -0.05) is 17.7 Å². The first-order chi connectivity index (χ1) is 10.2. The molecule has 0 bridgehead atoms. The number of hydrogen-bond donors (Lipinski definition) is 1. The van der Waals surface area contributed by atoms with Gasteiger partial charge in [0.05, 0.1) is 31.7 Å². The van der Waals surface area contributed by atoms with Gasteiger partial charge in [0.1, 0.15) is 0 Å². The van der Waals surface area contributed by atoms with Crippen LogP contribution in [0.1, 0.15) is 18.0 Å². The Labute approximate surface area is 130 Å². The zero-order valence-corrected chi connectivity index (χ0v) is 13.1. The lowest BCUT2D eigenvalue weighted by Crippen LogP contribution is -2.45. The molecule has 1 aliphatic heterocycles. The van der Waals surface area contributed by atoms with Gasteiger partial charge in [-0.05, 0) is 11.6 Å². The summed E-state index contributed by atoms with van der Waals surface area (Å²) in [6.07, 6.45) is 0.398. The minimum atomic E-state index is -0.0237. The molecular weight excluding hydrogens is 290 g/mol. The maximum Gasteiger partial charge on any atom is 0.179 e. The van der Waals surface area contributed by atoms with Crippen LogP contribution in [0.25, 0.3) is 0 Å². The molecule has 6 heteroatoms. The molecule has 1 fully saturated rings. The van der Waals surface area contributed by atoms with Gasteiger partial charge >= 0.3 is 0 Å². The molecule has 1 N–H and O–H groups in total. The van der Waals surface area contributed by atoms with E-state index in [0.717, 1.165) is 31.7 Å². The van der Waals surface area contributed by atoms with Gasteiger partial charge in [-0.2, -0.15) is 5.26 Å². The summed E-state index contributed by atoms with van der Waals surface area (Å²) in [5.41, 5.74) is 0.915. The zero-order valence-electron chi connectivity index (χ0n) is 12.4. The second-order valence-corrected chi connectivity index (χ2v) is 5.25. The Morgan fingerprint density at radius 1 is 1.33 bits per heavy atom. The Morgan fingerprint density at radius 2 is 2.05 bits per heavy atom. The maximum atomic E-state index is 9.16. The van der Waals surface area contributed by atoms with Crippen molar-refractivity contribution in [3.8, 4) is 17.6 Å². The highest BCUT2D eigenvalue weighted by Crippen LogP contribution is 2.41. The summed E-state index contributed by atoms with van der Waals surface area (Å²) < 4.78 is 10.6. The van der Waals surface area contributed by atoms with E-state index in [2.05, 4.69) is 16.3 Å². The van der Waals surface area contributed by atoms with Crippen molar-refractivity contribution in [2.45, 2.75) is 12.5 Å². The lowest BCUT2D eigenvalue weighted by atomic mass is 10.0. The van der Waals surface area contributed by atoms with Gasteiger partial charge in [-0.15, -0.1) is 0 Å². The molecule has 1 aliphatic rings. The zero-order chi connectivity index (χ0) is 15.2. The monoisotopic (exact) mass is 309 g/mol. The van der Waals surface area contributed by atoms with E-state index in [-0.39, 0.29) is 6.04 Å². The van der Waals surface area contributed by atoms with Crippen molar-refractivity contribution < 1.29 is 9.47 Å². The van der Waals surface area contributed by atoms with Crippen molar-refractivity contribution in [3.63, 3.8) is 0 Å². The Hall–Kier alpha value is -1.48. The Balaban J connectivity index is 2.38. The highest BCUT2D eigenvalue weighted by Gasteiger charge is 2.26. The fraction of sp³-hybridized carbons (Fsp3) is 0.533. The van der Waals surface area contributed by atoms with Crippen LogP contribution in [-0.4, -0.2) is 45.3 Å². The van der Waals surface area contributed by atoms with Crippen molar-refractivity contribution in [1.29, 1.82) is 5.26 Å². The van der Waals surface area contributed by atoms with E-state index in [4.69, 9.17) is 26.3 Å². The number of benzene rings is 1. The number of rotatable bonds is 5. The highest BCUT2D eigenvalue weighted by molar-refractivity contribution is 6.33. The maximum absolute atomic E-state index is 9.16. The Bertz CT molecular complexity index is 524. The third-order valence-corrected chi connectivity index (χ3v) is 4.14. The van der Waals surface area contributed by atoms with Gasteiger partial charge in [0.2, 0.25) is 0 Å². The lowest BCUT2D eigenvalue weighted by molar-refractivity contribution is 0.175. The van der Waals surface area contributed by atoms with Gasteiger partial charge in [-0.25, -0.2) is 0 Å². The molecule has 1 aromatic rings. The van der Waals surface area contributed by atoms with Gasteiger partial charge in [0.15, 0.2) is 11.5 Å². The smallest absolute Gasteiger partial charge is 0.179 e. The number of nitrogens with one attached hydrogen (secondary N) is 1. The van der Waals surface area contributed by atoms with Crippen molar-refractivity contribution in [1.82, 2.24) is 10.2 Å². The molecule has 21 heavy (non-hydrogen) atoms. The molecule has 0 radical (unpaired) electrons. The van der Waals surface area contributed by atoms with E-state index < -0.39 is 0 Å². The molecule has 0 unspecified atom stereocenters. The van der Waals surface area contributed by atoms with Crippen LogP contribution < -0.4 is 14.8 Å². The molecule has 1 heterocycles. The number of ether oxygens (including phenoxy) is 2. The van der Waals surface area contributed by atoms with Crippen LogP contribution in [0.15, 0.2) is 12.1 Å². The minimum Gasteiger partial charge on any atom is -0.493 e. The second-order valence-electron chi connectivity index (χ2n) is 4.87. The van der Waals surface area contributed by atoms with Gasteiger partial charge in [0, 0.05) is 32.2 Å². The Kier molecular flexibility index (Phi) is 5.68. The molecular formula is C15H20ClN3O2. The van der Waals surface area contributed by atoms with Gasteiger partial charge in [-0.3, -0.25) is 4.90 Å². The SMILES string of the molecule is COc1ccc([C@H](CC#N)N2CCNCC2)c(Cl)c1OC. The number of methoxy groups -OCH3 is 2. The molecule has 114 valence electrons. The van der Waals surface area contributed by atoms with E-state index in [1.165, 1.54) is 0 Å². The fourth-order valence-corrected chi connectivity index (χ4v) is 3.04. The number of nitrogens with zero attached hydrogens (tertiary/aromatic N) is 2. The van der Waals surface area contributed by atoms with Crippen LogP contribution in [-0.2, 0) is 0 Å². The molecule has 2 rings (SSSR count). The summed E-state index contributed by atoms with van der Waals surface area (Å²) >= 11 is 6.49. The first-order valence-electron chi connectivity index (χ1n) is 6.95. The first kappa shape index (κ1) is 15.9. The molecule has 1 saturated heterocycles. The quantitative estimate of drug-likeness (QED) is 0.904. The van der Waals surface area contributed by atoms with Gasteiger partial charge < -0.3 is 14.8 Å². The van der Waals surface area contributed by atoms with Crippen LogP contribution in [0.3, 0.4) is 0 Å². The second kappa shape index (κ2) is 7.51. The summed E-state index contributed by atoms with van der Waals surface area (Å²) in [6.45, 7) is 3.65. The Morgan fingerprint density at radius 3 is 2.62 bits per heavy atom. The van der Waals surface area contributed by atoms with E-state index in [1.54, 1.807) is 14.2 Å². The molecule has 1 aromatic carbocycles. The number of halogens is 1. The predicted octanol–water partition coefficient (Wildman–Crippen LogP) is 2.22. The van der Waals surface area contributed by atoms with Crippen molar-refractivity contribution in [3.05, 3.63) is 22.7 Å². The van der Waals surface area contributed by atoms with Crippen molar-refractivity contribution in [2.24, 2.45) is 0 Å². The normalized spacial score (nSPS) is 17.0. The number of nitriles is 1. The molecule has 0 aliphatic carbocycles. The third kappa shape index (κ3) is 3.41. The molecule has 1 atom stereocenters.